The molecule has 0 saturated carbocycles. The Labute approximate surface area is 71.4 Å². The van der Waals surface area contributed by atoms with Crippen molar-refractivity contribution in [3.63, 3.8) is 0 Å². The molecule has 0 radical (unpaired) electrons. The Balaban J connectivity index is 0.000000261. The fourth-order valence-electron chi connectivity index (χ4n) is 0.641. The highest BCUT2D eigenvalue weighted by Crippen LogP contribution is 2.04. The summed E-state index contributed by atoms with van der Waals surface area (Å²) in [5.41, 5.74) is 0.868. The molecular formula is C9H12O3. The summed E-state index contributed by atoms with van der Waals surface area (Å²) < 4.78 is 0. The highest BCUT2D eigenvalue weighted by molar-refractivity contribution is 5.96. The van der Waals surface area contributed by atoms with E-state index in [1.807, 2.05) is 25.2 Å². The number of rotatable bonds is 0. The molecule has 0 aliphatic heterocycles. The summed E-state index contributed by atoms with van der Waals surface area (Å²) in [4.78, 5) is 19.7. The van der Waals surface area contributed by atoms with E-state index in [9.17, 15) is 4.79 Å². The third-order valence-electron chi connectivity index (χ3n) is 1.23. The van der Waals surface area contributed by atoms with Gasteiger partial charge in [-0.05, 0) is 12.5 Å². The van der Waals surface area contributed by atoms with Crippen molar-refractivity contribution >= 4 is 11.8 Å². The van der Waals surface area contributed by atoms with Gasteiger partial charge < -0.3 is 5.11 Å². The molecule has 0 spiro atoms. The monoisotopic (exact) mass is 168 g/mol. The van der Waals surface area contributed by atoms with Crippen LogP contribution in [0.4, 0.5) is 0 Å². The van der Waals surface area contributed by atoms with Crippen LogP contribution in [0.15, 0.2) is 23.8 Å². The highest BCUT2D eigenvalue weighted by Gasteiger charge is 2.02. The van der Waals surface area contributed by atoms with Gasteiger partial charge in [0.15, 0.2) is 5.78 Å². The number of Topliss-reactive ketones (excluding diaryl/α,β-unsaturated/α-hetero) is 1. The van der Waals surface area contributed by atoms with Gasteiger partial charge in [-0.1, -0.05) is 18.2 Å². The van der Waals surface area contributed by atoms with Crippen LogP contribution >= 0.6 is 0 Å². The van der Waals surface area contributed by atoms with E-state index in [1.54, 1.807) is 0 Å². The van der Waals surface area contributed by atoms with Gasteiger partial charge in [0, 0.05) is 13.3 Å². The summed E-state index contributed by atoms with van der Waals surface area (Å²) in [5, 5.41) is 7.42. The standard InChI is InChI=1S/C7H8O.C2H4O2/c1-6-4-2-3-5-7(6)8;1-2(3)4/h2-4H,5H2,1H3;1H3,(H,3,4). The number of ketones is 1. The van der Waals surface area contributed by atoms with E-state index in [0.29, 0.717) is 6.42 Å². The Hall–Kier alpha value is -1.38. The lowest BCUT2D eigenvalue weighted by molar-refractivity contribution is -0.134. The number of carbonyl (C=O) groups is 2. The predicted molar refractivity (Wildman–Crippen MR) is 45.8 cm³/mol. The summed E-state index contributed by atoms with van der Waals surface area (Å²) >= 11 is 0. The first-order valence-electron chi connectivity index (χ1n) is 3.60. The third kappa shape index (κ3) is 5.41. The number of carboxylic acids is 1. The molecule has 3 nitrogen and oxygen atoms in total. The molecule has 0 aromatic heterocycles. The zero-order valence-electron chi connectivity index (χ0n) is 7.20. The maximum atomic E-state index is 10.7. The van der Waals surface area contributed by atoms with E-state index in [4.69, 9.17) is 9.90 Å². The van der Waals surface area contributed by atoms with Crippen LogP contribution in [0.2, 0.25) is 0 Å². The van der Waals surface area contributed by atoms with Crippen molar-refractivity contribution in [2.75, 3.05) is 0 Å². The second kappa shape index (κ2) is 5.29. The van der Waals surface area contributed by atoms with Crippen LogP contribution < -0.4 is 0 Å². The van der Waals surface area contributed by atoms with Crippen LogP contribution in [-0.2, 0) is 9.59 Å². The molecule has 0 aromatic rings. The van der Waals surface area contributed by atoms with Crippen molar-refractivity contribution < 1.29 is 14.7 Å². The fraction of sp³-hybridized carbons (Fsp3) is 0.333. The van der Waals surface area contributed by atoms with Crippen LogP contribution in [0, 0.1) is 0 Å². The summed E-state index contributed by atoms with van der Waals surface area (Å²) in [6.07, 6.45) is 6.21. The molecule has 0 saturated heterocycles. The maximum Gasteiger partial charge on any atom is 0.300 e. The van der Waals surface area contributed by atoms with Crippen LogP contribution in [0.3, 0.4) is 0 Å². The second-order valence-electron chi connectivity index (χ2n) is 2.42. The van der Waals surface area contributed by atoms with E-state index < -0.39 is 5.97 Å². The van der Waals surface area contributed by atoms with Gasteiger partial charge >= 0.3 is 0 Å². The molecule has 0 heterocycles. The van der Waals surface area contributed by atoms with Crippen LogP contribution in [0.1, 0.15) is 20.3 Å². The lowest BCUT2D eigenvalue weighted by Gasteiger charge is -1.98. The number of hydrogen-bond acceptors (Lipinski definition) is 2. The van der Waals surface area contributed by atoms with Gasteiger partial charge in [0.05, 0.1) is 0 Å². The van der Waals surface area contributed by atoms with Crippen molar-refractivity contribution in [2.45, 2.75) is 20.3 Å². The molecule has 0 atom stereocenters. The van der Waals surface area contributed by atoms with Gasteiger partial charge in [-0.25, -0.2) is 0 Å². The largest absolute Gasteiger partial charge is 0.481 e. The van der Waals surface area contributed by atoms with E-state index in [1.165, 1.54) is 0 Å². The number of aliphatic carboxylic acids is 1. The van der Waals surface area contributed by atoms with Crippen molar-refractivity contribution in [1.82, 2.24) is 0 Å². The van der Waals surface area contributed by atoms with Gasteiger partial charge in [0.2, 0.25) is 0 Å². The van der Waals surface area contributed by atoms with Gasteiger partial charge in [-0.2, -0.15) is 0 Å². The molecule has 0 unspecified atom stereocenters. The topological polar surface area (TPSA) is 54.4 Å². The van der Waals surface area contributed by atoms with Gasteiger partial charge in [-0.15, -0.1) is 0 Å². The van der Waals surface area contributed by atoms with Gasteiger partial charge in [0.25, 0.3) is 5.97 Å². The molecule has 0 fully saturated rings. The molecule has 0 bridgehead atoms. The van der Waals surface area contributed by atoms with Crippen molar-refractivity contribution in [2.24, 2.45) is 0 Å². The first kappa shape index (κ1) is 10.6. The SMILES string of the molecule is CC(=O)O.CC1=CC=CCC1=O. The summed E-state index contributed by atoms with van der Waals surface area (Å²) in [7, 11) is 0. The van der Waals surface area contributed by atoms with E-state index in [-0.39, 0.29) is 5.78 Å². The number of carbonyl (C=O) groups excluding carboxylic acids is 1. The van der Waals surface area contributed by atoms with E-state index in [2.05, 4.69) is 0 Å². The van der Waals surface area contributed by atoms with Gasteiger partial charge in [0.1, 0.15) is 0 Å². The number of allylic oxidation sites excluding steroid dienone is 4. The zero-order chi connectivity index (χ0) is 9.56. The molecule has 12 heavy (non-hydrogen) atoms. The summed E-state index contributed by atoms with van der Waals surface area (Å²) in [6.45, 7) is 2.92. The average Bonchev–Trinajstić information content (AvgIpc) is 1.94. The molecule has 1 aliphatic carbocycles. The van der Waals surface area contributed by atoms with Crippen molar-refractivity contribution in [3.05, 3.63) is 23.8 Å². The lowest BCUT2D eigenvalue weighted by atomic mass is 10.1. The Morgan fingerprint density at radius 3 is 2.33 bits per heavy atom. The van der Waals surface area contributed by atoms with E-state index in [0.717, 1.165) is 12.5 Å². The van der Waals surface area contributed by atoms with Crippen molar-refractivity contribution in [3.8, 4) is 0 Å². The molecule has 1 aliphatic rings. The average molecular weight is 168 g/mol. The van der Waals surface area contributed by atoms with Crippen LogP contribution in [0.25, 0.3) is 0 Å². The molecule has 0 aromatic carbocycles. The third-order valence-corrected chi connectivity index (χ3v) is 1.23. The number of hydrogen-bond donors (Lipinski definition) is 1. The van der Waals surface area contributed by atoms with E-state index >= 15 is 0 Å². The zero-order valence-corrected chi connectivity index (χ0v) is 7.20. The molecule has 1 rings (SSSR count). The lowest BCUT2D eigenvalue weighted by Crippen LogP contribution is -1.99. The summed E-state index contributed by atoms with van der Waals surface area (Å²) in [6, 6.07) is 0. The smallest absolute Gasteiger partial charge is 0.300 e. The molecule has 66 valence electrons. The second-order valence-corrected chi connectivity index (χ2v) is 2.42. The summed E-state index contributed by atoms with van der Waals surface area (Å²) in [5.74, 6) is -0.590. The Morgan fingerprint density at radius 1 is 1.58 bits per heavy atom. The van der Waals surface area contributed by atoms with Crippen LogP contribution in [-0.4, -0.2) is 16.9 Å². The van der Waals surface area contributed by atoms with Gasteiger partial charge in [-0.3, -0.25) is 9.59 Å². The number of carboxylic acid groups (broad SMARTS) is 1. The quantitative estimate of drug-likeness (QED) is 0.597. The molecular weight excluding hydrogens is 156 g/mol. The minimum Gasteiger partial charge on any atom is -0.481 e. The highest BCUT2D eigenvalue weighted by atomic mass is 16.4. The van der Waals surface area contributed by atoms with Crippen molar-refractivity contribution in [1.29, 1.82) is 0 Å². The minimum atomic E-state index is -0.833. The fourth-order valence-corrected chi connectivity index (χ4v) is 0.641. The Morgan fingerprint density at radius 2 is 2.08 bits per heavy atom. The Bertz CT molecular complexity index is 232. The first-order valence-corrected chi connectivity index (χ1v) is 3.60. The molecule has 3 heteroatoms. The predicted octanol–water partition coefficient (Wildman–Crippen LogP) is 1.55. The van der Waals surface area contributed by atoms with Crippen LogP contribution in [0.5, 0.6) is 0 Å². The molecule has 1 N–H and O–H groups in total. The first-order chi connectivity index (χ1) is 5.54. The Kier molecular flexibility index (Phi) is 4.69. The maximum absolute atomic E-state index is 10.7. The normalized spacial score (nSPS) is 14.5. The molecule has 0 amide bonds. The minimum absolute atomic E-state index is 0.243.